The summed E-state index contributed by atoms with van der Waals surface area (Å²) < 4.78 is 0. The van der Waals surface area contributed by atoms with E-state index in [1.807, 2.05) is 32.3 Å². The van der Waals surface area contributed by atoms with E-state index in [2.05, 4.69) is 21.6 Å². The maximum atomic E-state index is 12.3. The summed E-state index contributed by atoms with van der Waals surface area (Å²) in [4.78, 5) is 25.3. The molecule has 0 unspecified atom stereocenters. The van der Waals surface area contributed by atoms with Crippen molar-refractivity contribution in [2.75, 3.05) is 19.4 Å². The van der Waals surface area contributed by atoms with Crippen molar-refractivity contribution in [3.8, 4) is 0 Å². The molecule has 0 fully saturated rings. The van der Waals surface area contributed by atoms with Gasteiger partial charge in [-0.3, -0.25) is 4.79 Å². The highest BCUT2D eigenvalue weighted by Gasteiger charge is 2.09. The number of anilines is 1. The highest BCUT2D eigenvalue weighted by molar-refractivity contribution is 5.96. The normalized spacial score (nSPS) is 10.5. The first kappa shape index (κ1) is 17.5. The van der Waals surface area contributed by atoms with Gasteiger partial charge in [0.15, 0.2) is 0 Å². The van der Waals surface area contributed by atoms with Crippen LogP contribution in [-0.4, -0.2) is 30.9 Å². The van der Waals surface area contributed by atoms with Crippen LogP contribution in [0.4, 0.5) is 10.5 Å². The molecule has 6 nitrogen and oxygen atoms in total. The Bertz CT molecular complexity index is 728. The topological polar surface area (TPSA) is 87.5 Å². The highest BCUT2D eigenvalue weighted by atomic mass is 16.2. The van der Waals surface area contributed by atoms with Crippen LogP contribution < -0.4 is 16.4 Å². The lowest BCUT2D eigenvalue weighted by Crippen LogP contribution is -2.24. The van der Waals surface area contributed by atoms with E-state index in [-0.39, 0.29) is 5.91 Å². The fourth-order valence-electron chi connectivity index (χ4n) is 2.38. The van der Waals surface area contributed by atoms with Crippen molar-refractivity contribution >= 4 is 17.6 Å². The Balaban J connectivity index is 2.05. The number of benzene rings is 2. The molecule has 2 rings (SSSR count). The minimum absolute atomic E-state index is 0.206. The molecule has 0 radical (unpaired) electrons. The van der Waals surface area contributed by atoms with Crippen molar-refractivity contribution in [3.05, 3.63) is 65.2 Å². The Hall–Kier alpha value is -2.86. The summed E-state index contributed by atoms with van der Waals surface area (Å²) in [5, 5.41) is 5.37. The average Bonchev–Trinajstić information content (AvgIpc) is 2.53. The van der Waals surface area contributed by atoms with Gasteiger partial charge < -0.3 is 21.3 Å². The summed E-state index contributed by atoms with van der Waals surface area (Å²) in [5.41, 5.74) is 8.29. The minimum atomic E-state index is -0.662. The second-order valence-electron chi connectivity index (χ2n) is 5.76. The number of primary amides is 1. The molecule has 24 heavy (non-hydrogen) atoms. The first-order valence-corrected chi connectivity index (χ1v) is 7.62. The Morgan fingerprint density at radius 2 is 1.75 bits per heavy atom. The molecule has 0 aliphatic carbocycles. The fourth-order valence-corrected chi connectivity index (χ4v) is 2.38. The number of rotatable bonds is 6. The van der Waals surface area contributed by atoms with E-state index in [0.717, 1.165) is 12.1 Å². The monoisotopic (exact) mass is 326 g/mol. The van der Waals surface area contributed by atoms with Crippen molar-refractivity contribution in [1.82, 2.24) is 10.2 Å². The maximum Gasteiger partial charge on any atom is 0.316 e. The number of hydrogen-bond donors (Lipinski definition) is 3. The van der Waals surface area contributed by atoms with Crippen LogP contribution >= 0.6 is 0 Å². The highest BCUT2D eigenvalue weighted by Crippen LogP contribution is 2.13. The Kier molecular flexibility index (Phi) is 5.92. The molecule has 0 spiro atoms. The standard InChI is InChI=1S/C18H22N4O2/c1-22(2)12-15-7-4-3-6-14(15)11-20-17(23)13-8-5-9-16(10-13)21-18(19)24/h3-10H,11-12H2,1-2H3,(H,20,23)(H3,19,21,24). The van der Waals surface area contributed by atoms with Crippen molar-refractivity contribution in [3.63, 3.8) is 0 Å². The van der Waals surface area contributed by atoms with Gasteiger partial charge in [-0.1, -0.05) is 30.3 Å². The van der Waals surface area contributed by atoms with Crippen LogP contribution in [0.1, 0.15) is 21.5 Å². The smallest absolute Gasteiger partial charge is 0.316 e. The summed E-state index contributed by atoms with van der Waals surface area (Å²) in [7, 11) is 4.01. The number of nitrogens with zero attached hydrogens (tertiary/aromatic N) is 1. The molecule has 0 aliphatic heterocycles. The van der Waals surface area contributed by atoms with Gasteiger partial charge in [-0.25, -0.2) is 4.79 Å². The summed E-state index contributed by atoms with van der Waals surface area (Å²) in [6, 6.07) is 14.0. The molecule has 6 heteroatoms. The number of hydrogen-bond acceptors (Lipinski definition) is 3. The zero-order chi connectivity index (χ0) is 17.5. The summed E-state index contributed by atoms with van der Waals surface area (Å²) in [5.74, 6) is -0.206. The van der Waals surface area contributed by atoms with Gasteiger partial charge in [-0.05, 0) is 43.4 Å². The predicted molar refractivity (Wildman–Crippen MR) is 94.7 cm³/mol. The van der Waals surface area contributed by atoms with E-state index in [4.69, 9.17) is 5.73 Å². The van der Waals surface area contributed by atoms with Crippen LogP contribution in [0.15, 0.2) is 48.5 Å². The Morgan fingerprint density at radius 3 is 2.42 bits per heavy atom. The summed E-state index contributed by atoms with van der Waals surface area (Å²) >= 11 is 0. The van der Waals surface area contributed by atoms with Crippen LogP contribution in [0, 0.1) is 0 Å². The largest absolute Gasteiger partial charge is 0.351 e. The third kappa shape index (κ3) is 5.10. The van der Waals surface area contributed by atoms with E-state index in [1.165, 1.54) is 5.56 Å². The lowest BCUT2D eigenvalue weighted by molar-refractivity contribution is 0.0951. The van der Waals surface area contributed by atoms with Gasteiger partial charge in [0.25, 0.3) is 5.91 Å². The van der Waals surface area contributed by atoms with Crippen LogP contribution in [0.2, 0.25) is 0 Å². The molecule has 0 aliphatic rings. The predicted octanol–water partition coefficient (Wildman–Crippen LogP) is 2.17. The first-order valence-electron chi connectivity index (χ1n) is 7.62. The average molecular weight is 326 g/mol. The molecule has 3 amide bonds. The third-order valence-corrected chi connectivity index (χ3v) is 3.44. The van der Waals surface area contributed by atoms with Gasteiger partial charge >= 0.3 is 6.03 Å². The molecule has 2 aromatic rings. The second-order valence-corrected chi connectivity index (χ2v) is 5.76. The SMILES string of the molecule is CN(C)Cc1ccccc1CNC(=O)c1cccc(NC(N)=O)c1. The third-order valence-electron chi connectivity index (χ3n) is 3.44. The molecule has 0 saturated heterocycles. The van der Waals surface area contributed by atoms with Gasteiger partial charge in [0.1, 0.15) is 0 Å². The van der Waals surface area contributed by atoms with Crippen molar-refractivity contribution in [2.45, 2.75) is 13.1 Å². The first-order chi connectivity index (χ1) is 11.5. The molecule has 126 valence electrons. The number of nitrogens with two attached hydrogens (primary N) is 1. The molecule has 0 atom stereocenters. The molecular formula is C18H22N4O2. The van der Waals surface area contributed by atoms with Crippen LogP contribution in [0.3, 0.4) is 0 Å². The quantitative estimate of drug-likeness (QED) is 0.760. The minimum Gasteiger partial charge on any atom is -0.351 e. The van der Waals surface area contributed by atoms with Gasteiger partial charge in [0.2, 0.25) is 0 Å². The van der Waals surface area contributed by atoms with E-state index in [0.29, 0.717) is 17.8 Å². The van der Waals surface area contributed by atoms with E-state index < -0.39 is 6.03 Å². The number of carbonyl (C=O) groups is 2. The second kappa shape index (κ2) is 8.12. The Labute approximate surface area is 141 Å². The number of carbonyl (C=O) groups excluding carboxylic acids is 2. The van der Waals surface area contributed by atoms with Gasteiger partial charge in [-0.15, -0.1) is 0 Å². The molecule has 2 aromatic carbocycles. The summed E-state index contributed by atoms with van der Waals surface area (Å²) in [6.07, 6.45) is 0. The number of urea groups is 1. The van der Waals surface area contributed by atoms with Crippen molar-refractivity contribution in [1.29, 1.82) is 0 Å². The van der Waals surface area contributed by atoms with Gasteiger partial charge in [-0.2, -0.15) is 0 Å². The van der Waals surface area contributed by atoms with Gasteiger partial charge in [0.05, 0.1) is 0 Å². The molecule has 0 heterocycles. The molecule has 0 saturated carbocycles. The molecule has 0 bridgehead atoms. The molecular weight excluding hydrogens is 304 g/mol. The van der Waals surface area contributed by atoms with E-state index in [1.54, 1.807) is 24.3 Å². The van der Waals surface area contributed by atoms with E-state index >= 15 is 0 Å². The fraction of sp³-hybridized carbons (Fsp3) is 0.222. The number of amides is 3. The zero-order valence-electron chi connectivity index (χ0n) is 13.9. The lowest BCUT2D eigenvalue weighted by Gasteiger charge is -2.14. The zero-order valence-corrected chi connectivity index (χ0v) is 13.9. The summed E-state index contributed by atoms with van der Waals surface area (Å²) in [6.45, 7) is 1.25. The van der Waals surface area contributed by atoms with Crippen LogP contribution in [-0.2, 0) is 13.1 Å². The lowest BCUT2D eigenvalue weighted by atomic mass is 10.1. The molecule has 4 N–H and O–H groups in total. The Morgan fingerprint density at radius 1 is 1.04 bits per heavy atom. The van der Waals surface area contributed by atoms with E-state index in [9.17, 15) is 9.59 Å². The van der Waals surface area contributed by atoms with Crippen LogP contribution in [0.5, 0.6) is 0 Å². The van der Waals surface area contributed by atoms with Gasteiger partial charge in [0, 0.05) is 24.3 Å². The maximum absolute atomic E-state index is 12.3. The van der Waals surface area contributed by atoms with Crippen molar-refractivity contribution in [2.24, 2.45) is 5.73 Å². The molecule has 0 aromatic heterocycles. The van der Waals surface area contributed by atoms with Crippen LogP contribution in [0.25, 0.3) is 0 Å². The van der Waals surface area contributed by atoms with Crippen molar-refractivity contribution < 1.29 is 9.59 Å². The number of nitrogens with one attached hydrogen (secondary N) is 2.